The molecule has 2 N–H and O–H groups in total. The molecule has 3 aromatic rings. The third-order valence-corrected chi connectivity index (χ3v) is 3.04. The van der Waals surface area contributed by atoms with Gasteiger partial charge in [0.1, 0.15) is 23.1 Å². The zero-order valence-electron chi connectivity index (χ0n) is 12.1. The van der Waals surface area contributed by atoms with Crippen LogP contribution in [0.5, 0.6) is 23.1 Å². The fourth-order valence-corrected chi connectivity index (χ4v) is 2.09. The normalized spacial score (nSPS) is 10.4. The van der Waals surface area contributed by atoms with Crippen LogP contribution in [-0.4, -0.2) is 21.7 Å². The van der Waals surface area contributed by atoms with Gasteiger partial charge >= 0.3 is 0 Å². The van der Waals surface area contributed by atoms with Crippen molar-refractivity contribution in [2.45, 2.75) is 6.92 Å². The summed E-state index contributed by atoms with van der Waals surface area (Å²) in [4.78, 5) is 7.41. The van der Waals surface area contributed by atoms with Crippen LogP contribution in [0, 0.1) is 0 Å². The maximum atomic E-state index is 9.58. The van der Waals surface area contributed by atoms with E-state index in [0.717, 1.165) is 11.3 Å². The summed E-state index contributed by atoms with van der Waals surface area (Å²) in [7, 11) is 0. The van der Waals surface area contributed by atoms with Crippen LogP contribution in [0.3, 0.4) is 0 Å². The van der Waals surface area contributed by atoms with Crippen molar-refractivity contribution in [3.05, 3.63) is 54.7 Å². The van der Waals surface area contributed by atoms with E-state index in [1.807, 2.05) is 37.3 Å². The lowest BCUT2D eigenvalue weighted by atomic mass is 10.2. The van der Waals surface area contributed by atoms with Crippen LogP contribution in [0.15, 0.2) is 54.7 Å². The third-order valence-electron chi connectivity index (χ3n) is 3.04. The Morgan fingerprint density at radius 2 is 1.95 bits per heavy atom. The second-order valence-corrected chi connectivity index (χ2v) is 4.62. The Morgan fingerprint density at radius 1 is 1.14 bits per heavy atom. The quantitative estimate of drug-likeness (QED) is 0.747. The molecule has 1 aromatic heterocycles. The molecule has 0 bridgehead atoms. The number of benzene rings is 2. The summed E-state index contributed by atoms with van der Waals surface area (Å²) in [6.45, 7) is 2.39. The van der Waals surface area contributed by atoms with Gasteiger partial charge in [-0.2, -0.15) is 0 Å². The largest absolute Gasteiger partial charge is 0.508 e. The molecule has 0 saturated carbocycles. The van der Waals surface area contributed by atoms with Crippen molar-refractivity contribution in [3.8, 4) is 34.5 Å². The number of aromatic hydroxyl groups is 1. The van der Waals surface area contributed by atoms with Gasteiger partial charge in [0.25, 0.3) is 0 Å². The highest BCUT2D eigenvalue weighted by molar-refractivity contribution is 5.66. The maximum absolute atomic E-state index is 9.58. The number of hydrogen-bond donors (Lipinski definition) is 2. The minimum atomic E-state index is 0.152. The number of hydrogen-bond acceptors (Lipinski definition) is 4. The van der Waals surface area contributed by atoms with E-state index in [2.05, 4.69) is 9.97 Å². The smallest absolute Gasteiger partial charge is 0.217 e. The summed E-state index contributed by atoms with van der Waals surface area (Å²) in [5.41, 5.74) is 0.766. The monoisotopic (exact) mass is 296 g/mol. The van der Waals surface area contributed by atoms with Crippen LogP contribution in [0.25, 0.3) is 11.4 Å². The van der Waals surface area contributed by atoms with Crippen molar-refractivity contribution in [2.24, 2.45) is 0 Å². The van der Waals surface area contributed by atoms with E-state index in [1.54, 1.807) is 24.4 Å². The Morgan fingerprint density at radius 3 is 2.73 bits per heavy atom. The number of rotatable bonds is 5. The number of nitrogens with one attached hydrogen (secondary N) is 1. The summed E-state index contributed by atoms with van der Waals surface area (Å²) >= 11 is 0. The lowest BCUT2D eigenvalue weighted by Crippen LogP contribution is -1.94. The molecule has 5 heteroatoms. The Kier molecular flexibility index (Phi) is 3.96. The summed E-state index contributed by atoms with van der Waals surface area (Å²) in [5.74, 6) is 2.61. The number of imidazole rings is 1. The van der Waals surface area contributed by atoms with E-state index in [4.69, 9.17) is 9.47 Å². The highest BCUT2D eigenvalue weighted by Gasteiger charge is 2.11. The highest BCUT2D eigenvalue weighted by atomic mass is 16.5. The van der Waals surface area contributed by atoms with E-state index in [9.17, 15) is 5.11 Å². The summed E-state index contributed by atoms with van der Waals surface area (Å²) < 4.78 is 11.2. The number of ether oxygens (including phenoxy) is 2. The lowest BCUT2D eigenvalue weighted by Gasteiger charge is -2.08. The average molecular weight is 296 g/mol. The van der Waals surface area contributed by atoms with Crippen molar-refractivity contribution < 1.29 is 14.6 Å². The van der Waals surface area contributed by atoms with Crippen molar-refractivity contribution >= 4 is 0 Å². The molecule has 0 aliphatic heterocycles. The zero-order valence-corrected chi connectivity index (χ0v) is 12.1. The topological polar surface area (TPSA) is 67.4 Å². The van der Waals surface area contributed by atoms with Crippen LogP contribution in [0.4, 0.5) is 0 Å². The highest BCUT2D eigenvalue weighted by Crippen LogP contribution is 2.32. The van der Waals surface area contributed by atoms with Crippen LogP contribution >= 0.6 is 0 Å². The molecule has 0 fully saturated rings. The second-order valence-electron chi connectivity index (χ2n) is 4.62. The third kappa shape index (κ3) is 3.03. The van der Waals surface area contributed by atoms with Crippen LogP contribution in [0.2, 0.25) is 0 Å². The molecule has 112 valence electrons. The van der Waals surface area contributed by atoms with Crippen LogP contribution in [-0.2, 0) is 0 Å². The molecule has 0 aliphatic rings. The lowest BCUT2D eigenvalue weighted by molar-refractivity contribution is 0.339. The van der Waals surface area contributed by atoms with Gasteiger partial charge in [-0.25, -0.2) is 4.98 Å². The molecule has 1 heterocycles. The van der Waals surface area contributed by atoms with Crippen molar-refractivity contribution in [1.82, 2.24) is 9.97 Å². The fraction of sp³-hybridized carbons (Fsp3) is 0.118. The van der Waals surface area contributed by atoms with E-state index in [1.165, 1.54) is 0 Å². The Hall–Kier alpha value is -2.95. The maximum Gasteiger partial charge on any atom is 0.217 e. The van der Waals surface area contributed by atoms with E-state index >= 15 is 0 Å². The SMILES string of the molecule is CCOc1cc(O)ccc1-c1ncc(Oc2ccccc2)[nH]1. The molecule has 0 aliphatic carbocycles. The zero-order chi connectivity index (χ0) is 15.4. The standard InChI is InChI=1S/C17H16N2O3/c1-2-21-15-10-12(20)8-9-14(15)17-18-11-16(19-17)22-13-6-4-3-5-7-13/h3-11,20H,2H2,1H3,(H,18,19). The van der Waals surface area contributed by atoms with Gasteiger partial charge in [-0.1, -0.05) is 18.2 Å². The van der Waals surface area contributed by atoms with E-state index < -0.39 is 0 Å². The van der Waals surface area contributed by atoms with Gasteiger partial charge in [0.2, 0.25) is 5.88 Å². The molecule has 0 saturated heterocycles. The van der Waals surface area contributed by atoms with Gasteiger partial charge in [-0.3, -0.25) is 0 Å². The number of nitrogens with zero attached hydrogens (tertiary/aromatic N) is 1. The molecule has 3 rings (SSSR count). The van der Waals surface area contributed by atoms with Crippen molar-refractivity contribution in [3.63, 3.8) is 0 Å². The molecule has 2 aromatic carbocycles. The van der Waals surface area contributed by atoms with Gasteiger partial charge in [0.15, 0.2) is 0 Å². The number of para-hydroxylation sites is 1. The minimum absolute atomic E-state index is 0.152. The molecule has 22 heavy (non-hydrogen) atoms. The van der Waals surface area contributed by atoms with Crippen LogP contribution < -0.4 is 9.47 Å². The number of phenolic OH excluding ortho intramolecular Hbond substituents is 1. The van der Waals surface area contributed by atoms with Crippen LogP contribution in [0.1, 0.15) is 6.92 Å². The number of phenols is 1. The molecule has 0 radical (unpaired) electrons. The first-order valence-corrected chi connectivity index (χ1v) is 7.00. The van der Waals surface area contributed by atoms with Gasteiger partial charge < -0.3 is 19.6 Å². The first-order chi connectivity index (χ1) is 10.8. The first kappa shape index (κ1) is 14.0. The summed E-state index contributed by atoms with van der Waals surface area (Å²) in [5, 5.41) is 9.58. The summed E-state index contributed by atoms with van der Waals surface area (Å²) in [6.07, 6.45) is 1.62. The average Bonchev–Trinajstić information content (AvgIpc) is 2.97. The Bertz CT molecular complexity index is 754. The fourth-order valence-electron chi connectivity index (χ4n) is 2.09. The molecule has 5 nitrogen and oxygen atoms in total. The summed E-state index contributed by atoms with van der Waals surface area (Å²) in [6, 6.07) is 14.4. The van der Waals surface area contributed by atoms with Crippen molar-refractivity contribution in [2.75, 3.05) is 6.61 Å². The number of H-pyrrole nitrogens is 1. The number of aromatic amines is 1. The molecule has 0 atom stereocenters. The van der Waals surface area contributed by atoms with Gasteiger partial charge in [-0.15, -0.1) is 0 Å². The van der Waals surface area contributed by atoms with Gasteiger partial charge in [-0.05, 0) is 31.2 Å². The molecular formula is C17H16N2O3. The van der Waals surface area contributed by atoms with E-state index in [0.29, 0.717) is 24.1 Å². The molecule has 0 spiro atoms. The predicted molar refractivity (Wildman–Crippen MR) is 83.4 cm³/mol. The molecule has 0 amide bonds. The Labute approximate surface area is 128 Å². The second kappa shape index (κ2) is 6.22. The van der Waals surface area contributed by atoms with Crippen molar-refractivity contribution in [1.29, 1.82) is 0 Å². The first-order valence-electron chi connectivity index (χ1n) is 7.00. The number of aromatic nitrogens is 2. The van der Waals surface area contributed by atoms with Gasteiger partial charge in [0, 0.05) is 6.07 Å². The Balaban J connectivity index is 1.87. The van der Waals surface area contributed by atoms with Gasteiger partial charge in [0.05, 0.1) is 18.4 Å². The van der Waals surface area contributed by atoms with E-state index in [-0.39, 0.29) is 5.75 Å². The molecular weight excluding hydrogens is 280 g/mol. The molecule has 0 unspecified atom stereocenters. The predicted octanol–water partition coefficient (Wildman–Crippen LogP) is 3.97. The minimum Gasteiger partial charge on any atom is -0.508 e.